The number of hydrogen-bond donors (Lipinski definition) is 1. The average molecular weight is 258 g/mol. The van der Waals surface area contributed by atoms with Crippen LogP contribution in [0, 0.1) is 6.20 Å². The molecular formula is C4H6NOs-. The Kier molecular flexibility index (Phi) is 3.08. The zero-order valence-corrected chi connectivity index (χ0v) is 6.07. The number of nitrogens with one attached hydrogen (secondary N) is 1. The van der Waals surface area contributed by atoms with Gasteiger partial charge in [0.15, 0.2) is 0 Å². The van der Waals surface area contributed by atoms with Gasteiger partial charge in [0.2, 0.25) is 0 Å². The van der Waals surface area contributed by atoms with E-state index in [2.05, 4.69) is 11.2 Å². The smallest absolute Gasteiger partial charge is 0.108 e. The van der Waals surface area contributed by atoms with Crippen molar-refractivity contribution >= 4 is 0 Å². The SMILES string of the molecule is [OsH2].[c-]1ccc[nH]1. The number of aromatic amines is 1. The minimum Gasteiger partial charge on any atom is -0.484 e. The van der Waals surface area contributed by atoms with Crippen molar-refractivity contribution in [3.05, 3.63) is 24.5 Å². The van der Waals surface area contributed by atoms with Crippen molar-refractivity contribution in [2.24, 2.45) is 0 Å². The molecule has 6 heavy (non-hydrogen) atoms. The predicted molar refractivity (Wildman–Crippen MR) is 22.4 cm³/mol. The first kappa shape index (κ1) is 5.92. The molecule has 1 N–H and O–H groups in total. The summed E-state index contributed by atoms with van der Waals surface area (Å²) in [6.45, 7) is 0. The topological polar surface area (TPSA) is 15.8 Å². The summed E-state index contributed by atoms with van der Waals surface area (Å²) in [4.78, 5) is 2.74. The van der Waals surface area contributed by atoms with E-state index in [9.17, 15) is 0 Å². The van der Waals surface area contributed by atoms with Gasteiger partial charge in [-0.2, -0.15) is 18.3 Å². The molecule has 0 atom stereocenters. The van der Waals surface area contributed by atoms with E-state index in [4.69, 9.17) is 0 Å². The van der Waals surface area contributed by atoms with Crippen molar-refractivity contribution in [3.63, 3.8) is 0 Å². The molecule has 0 aromatic carbocycles. The third-order valence-electron chi connectivity index (χ3n) is 0.442. The summed E-state index contributed by atoms with van der Waals surface area (Å²) >= 11 is 0. The fourth-order valence-electron chi connectivity index (χ4n) is 0.241. The largest absolute Gasteiger partial charge is 0.484 e. The van der Waals surface area contributed by atoms with E-state index in [1.165, 1.54) is 0 Å². The van der Waals surface area contributed by atoms with Crippen LogP contribution in [0.15, 0.2) is 18.3 Å². The van der Waals surface area contributed by atoms with Gasteiger partial charge in [0, 0.05) is 0 Å². The maximum Gasteiger partial charge on any atom is -0.108 e. The average Bonchev–Trinajstić information content (AvgIpc) is 1.76. The zero-order chi connectivity index (χ0) is 3.54. The van der Waals surface area contributed by atoms with E-state index in [1.807, 2.05) is 18.3 Å². The Morgan fingerprint density at radius 2 is 2.33 bits per heavy atom. The molecule has 36 valence electrons. The molecule has 2 heteroatoms. The molecule has 0 saturated heterocycles. The van der Waals surface area contributed by atoms with Crippen LogP contribution in [0.5, 0.6) is 0 Å². The summed E-state index contributed by atoms with van der Waals surface area (Å²) in [5, 5.41) is 0. The minimum absolute atomic E-state index is 0. The van der Waals surface area contributed by atoms with Crippen LogP contribution in [-0.4, -0.2) is 4.98 Å². The van der Waals surface area contributed by atoms with Crippen LogP contribution in [-0.2, 0) is 19.8 Å². The summed E-state index contributed by atoms with van der Waals surface area (Å²) in [6, 6.07) is 3.71. The summed E-state index contributed by atoms with van der Waals surface area (Å²) in [7, 11) is 0. The Morgan fingerprint density at radius 3 is 2.50 bits per heavy atom. The normalized spacial score (nSPS) is 6.67. The summed E-state index contributed by atoms with van der Waals surface area (Å²) in [5.74, 6) is 0. The van der Waals surface area contributed by atoms with E-state index in [0.717, 1.165) is 0 Å². The van der Waals surface area contributed by atoms with E-state index in [1.54, 1.807) is 0 Å². The van der Waals surface area contributed by atoms with Crippen LogP contribution in [0.3, 0.4) is 0 Å². The first-order valence-corrected chi connectivity index (χ1v) is 1.49. The maximum absolute atomic E-state index is 2.74. The van der Waals surface area contributed by atoms with Crippen molar-refractivity contribution < 1.29 is 19.8 Å². The quantitative estimate of drug-likeness (QED) is 0.643. The molecule has 1 aromatic rings. The molecule has 0 fully saturated rings. The minimum atomic E-state index is 0. The van der Waals surface area contributed by atoms with Crippen molar-refractivity contribution in [2.45, 2.75) is 0 Å². The van der Waals surface area contributed by atoms with Crippen molar-refractivity contribution in [3.8, 4) is 0 Å². The van der Waals surface area contributed by atoms with Gasteiger partial charge in [-0.1, -0.05) is 0 Å². The van der Waals surface area contributed by atoms with Gasteiger partial charge in [0.1, 0.15) is 0 Å². The second-order valence-electron chi connectivity index (χ2n) is 0.814. The van der Waals surface area contributed by atoms with Gasteiger partial charge in [-0.25, -0.2) is 0 Å². The van der Waals surface area contributed by atoms with Gasteiger partial charge in [-0.05, 0) is 0 Å². The number of aromatic nitrogens is 1. The molecule has 0 bridgehead atoms. The van der Waals surface area contributed by atoms with Crippen LogP contribution in [0.25, 0.3) is 0 Å². The Hall–Kier alpha value is -0.0836. The summed E-state index contributed by atoms with van der Waals surface area (Å²) < 4.78 is 0. The van der Waals surface area contributed by atoms with Gasteiger partial charge in [-0.15, -0.1) is 6.20 Å². The van der Waals surface area contributed by atoms with Crippen molar-refractivity contribution in [2.75, 3.05) is 0 Å². The van der Waals surface area contributed by atoms with E-state index in [0.29, 0.717) is 0 Å². The third-order valence-corrected chi connectivity index (χ3v) is 0.442. The van der Waals surface area contributed by atoms with Crippen LogP contribution >= 0.6 is 0 Å². The van der Waals surface area contributed by atoms with Gasteiger partial charge < -0.3 is 4.98 Å². The molecule has 0 unspecified atom stereocenters. The van der Waals surface area contributed by atoms with Gasteiger partial charge in [0.25, 0.3) is 0 Å². The third kappa shape index (κ3) is 1.38. The van der Waals surface area contributed by atoms with E-state index < -0.39 is 0 Å². The predicted octanol–water partition coefficient (Wildman–Crippen LogP) is 0.277. The molecule has 0 aliphatic heterocycles. The van der Waals surface area contributed by atoms with E-state index in [-0.39, 0.29) is 19.8 Å². The van der Waals surface area contributed by atoms with Crippen molar-refractivity contribution in [1.82, 2.24) is 4.98 Å². The zero-order valence-electron chi connectivity index (χ0n) is 3.14. The monoisotopic (exact) mass is 260 g/mol. The Bertz CT molecular complexity index is 64.0. The Morgan fingerprint density at radius 1 is 1.50 bits per heavy atom. The van der Waals surface area contributed by atoms with Crippen LogP contribution in [0.1, 0.15) is 0 Å². The molecule has 0 amide bonds. The Balaban J connectivity index is 0.000000250. The van der Waals surface area contributed by atoms with Crippen LogP contribution in [0.4, 0.5) is 0 Å². The molecule has 1 aromatic heterocycles. The molecule has 0 spiro atoms. The summed E-state index contributed by atoms with van der Waals surface area (Å²) in [5.41, 5.74) is 0. The van der Waals surface area contributed by atoms with Gasteiger partial charge in [-0.3, -0.25) is 0 Å². The first-order valence-electron chi connectivity index (χ1n) is 1.49. The number of H-pyrrole nitrogens is 1. The first-order chi connectivity index (χ1) is 2.50. The van der Waals surface area contributed by atoms with Gasteiger partial charge in [0.05, 0.1) is 0 Å². The summed E-state index contributed by atoms with van der Waals surface area (Å²) in [6.07, 6.45) is 4.56. The second kappa shape index (κ2) is 3.12. The van der Waals surface area contributed by atoms with Gasteiger partial charge >= 0.3 is 19.8 Å². The fourth-order valence-corrected chi connectivity index (χ4v) is 0.241. The molecule has 1 rings (SSSR count). The molecule has 1 nitrogen and oxygen atoms in total. The number of rotatable bonds is 0. The van der Waals surface area contributed by atoms with Crippen LogP contribution < -0.4 is 0 Å². The maximum atomic E-state index is 2.74. The Labute approximate surface area is 49.8 Å². The van der Waals surface area contributed by atoms with E-state index >= 15 is 0 Å². The molecule has 1 heterocycles. The molecule has 0 saturated carbocycles. The molecule has 0 aliphatic rings. The molecule has 0 radical (unpaired) electrons. The number of hydrogen-bond acceptors (Lipinski definition) is 0. The second-order valence-corrected chi connectivity index (χ2v) is 0.814. The molecular weight excluding hydrogens is 252 g/mol. The fraction of sp³-hybridized carbons (Fsp3) is 0. The van der Waals surface area contributed by atoms with Crippen molar-refractivity contribution in [1.29, 1.82) is 0 Å². The standard InChI is InChI=1S/C4H4N.Os.2H/c1-2-4-5-3-1;;;/h1-3,5H;;;/q-1;;;. The molecule has 0 aliphatic carbocycles. The van der Waals surface area contributed by atoms with Crippen LogP contribution in [0.2, 0.25) is 0 Å².